The van der Waals surface area contributed by atoms with Crippen molar-refractivity contribution in [3.63, 3.8) is 0 Å². The SMILES string of the molecule is CCNC(=NCCC(=O)N1CCCC1)NCCc1ccccc1F.I. The van der Waals surface area contributed by atoms with Crippen molar-refractivity contribution >= 4 is 35.8 Å². The third-order valence-corrected chi connectivity index (χ3v) is 4.04. The molecular formula is C18H28FIN4O. The average molecular weight is 462 g/mol. The Morgan fingerprint density at radius 3 is 2.64 bits per heavy atom. The maximum absolute atomic E-state index is 13.6. The summed E-state index contributed by atoms with van der Waals surface area (Å²) in [4.78, 5) is 18.3. The third-order valence-electron chi connectivity index (χ3n) is 4.04. The van der Waals surface area contributed by atoms with Crippen molar-refractivity contribution < 1.29 is 9.18 Å². The Bertz CT molecular complexity index is 562. The smallest absolute Gasteiger partial charge is 0.224 e. The summed E-state index contributed by atoms with van der Waals surface area (Å²) < 4.78 is 13.6. The van der Waals surface area contributed by atoms with Crippen LogP contribution >= 0.6 is 24.0 Å². The minimum atomic E-state index is -0.183. The number of hydrogen-bond acceptors (Lipinski definition) is 2. The van der Waals surface area contributed by atoms with Gasteiger partial charge >= 0.3 is 0 Å². The summed E-state index contributed by atoms with van der Waals surface area (Å²) in [7, 11) is 0. The van der Waals surface area contributed by atoms with Crippen LogP contribution < -0.4 is 10.6 Å². The van der Waals surface area contributed by atoms with Crippen molar-refractivity contribution in [1.29, 1.82) is 0 Å². The van der Waals surface area contributed by atoms with Crippen molar-refractivity contribution in [2.45, 2.75) is 32.6 Å². The lowest BCUT2D eigenvalue weighted by Crippen LogP contribution is -2.38. The van der Waals surface area contributed by atoms with Gasteiger partial charge in [-0.05, 0) is 37.8 Å². The molecule has 5 nitrogen and oxygen atoms in total. The largest absolute Gasteiger partial charge is 0.357 e. The Balaban J connectivity index is 0.00000312. The van der Waals surface area contributed by atoms with E-state index in [1.54, 1.807) is 12.1 Å². The minimum absolute atomic E-state index is 0. The van der Waals surface area contributed by atoms with Crippen LogP contribution in [0.4, 0.5) is 4.39 Å². The van der Waals surface area contributed by atoms with Crippen LogP contribution in [0.3, 0.4) is 0 Å². The zero-order valence-corrected chi connectivity index (χ0v) is 17.1. The predicted molar refractivity (Wildman–Crippen MR) is 110 cm³/mol. The molecule has 1 fully saturated rings. The fourth-order valence-electron chi connectivity index (χ4n) is 2.75. The Kier molecular flexibility index (Phi) is 10.4. The van der Waals surface area contributed by atoms with E-state index in [4.69, 9.17) is 0 Å². The van der Waals surface area contributed by atoms with Gasteiger partial charge in [-0.15, -0.1) is 24.0 Å². The molecule has 0 aromatic heterocycles. The van der Waals surface area contributed by atoms with E-state index >= 15 is 0 Å². The summed E-state index contributed by atoms with van der Waals surface area (Å²) >= 11 is 0. The monoisotopic (exact) mass is 462 g/mol. The van der Waals surface area contributed by atoms with Crippen LogP contribution in [-0.2, 0) is 11.2 Å². The molecule has 1 aromatic carbocycles. The normalized spacial score (nSPS) is 14.2. The number of aliphatic imine (C=N–C) groups is 1. The zero-order valence-electron chi connectivity index (χ0n) is 14.8. The summed E-state index contributed by atoms with van der Waals surface area (Å²) in [6.45, 7) is 5.54. The number of guanidine groups is 1. The summed E-state index contributed by atoms with van der Waals surface area (Å²) in [5, 5.41) is 6.33. The molecule has 0 unspecified atom stereocenters. The van der Waals surface area contributed by atoms with Crippen molar-refractivity contribution in [1.82, 2.24) is 15.5 Å². The Hall–Kier alpha value is -1.38. The van der Waals surface area contributed by atoms with Crippen molar-refractivity contribution in [2.75, 3.05) is 32.7 Å². The second kappa shape index (κ2) is 12.1. The van der Waals surface area contributed by atoms with Crippen molar-refractivity contribution in [3.8, 4) is 0 Å². The number of carbonyl (C=O) groups is 1. The number of benzene rings is 1. The first-order valence-electron chi connectivity index (χ1n) is 8.74. The summed E-state index contributed by atoms with van der Waals surface area (Å²) in [5.41, 5.74) is 0.685. The first-order chi connectivity index (χ1) is 11.7. The van der Waals surface area contributed by atoms with E-state index < -0.39 is 0 Å². The van der Waals surface area contributed by atoms with Gasteiger partial charge in [0, 0.05) is 32.6 Å². The third kappa shape index (κ3) is 7.58. The van der Waals surface area contributed by atoms with Gasteiger partial charge in [0.2, 0.25) is 5.91 Å². The van der Waals surface area contributed by atoms with E-state index in [1.807, 2.05) is 17.9 Å². The first-order valence-corrected chi connectivity index (χ1v) is 8.74. The topological polar surface area (TPSA) is 56.7 Å². The van der Waals surface area contributed by atoms with Crippen LogP contribution in [-0.4, -0.2) is 49.5 Å². The second-order valence-electron chi connectivity index (χ2n) is 5.87. The van der Waals surface area contributed by atoms with E-state index in [0.29, 0.717) is 37.5 Å². The Labute approximate surface area is 166 Å². The molecule has 2 rings (SSSR count). The standard InChI is InChI=1S/C18H27FN4O.HI/c1-2-20-18(21-11-9-15-7-3-4-8-16(15)19)22-12-10-17(24)23-13-5-6-14-23;/h3-4,7-8H,2,5-6,9-14H2,1H3,(H2,20,21,22);1H. The molecule has 1 aliphatic rings. The molecule has 2 N–H and O–H groups in total. The molecule has 25 heavy (non-hydrogen) atoms. The molecule has 140 valence electrons. The lowest BCUT2D eigenvalue weighted by Gasteiger charge is -2.15. The summed E-state index contributed by atoms with van der Waals surface area (Å²) in [6, 6.07) is 6.78. The number of likely N-dealkylation sites (tertiary alicyclic amines) is 1. The van der Waals surface area contributed by atoms with E-state index in [2.05, 4.69) is 15.6 Å². The highest BCUT2D eigenvalue weighted by Crippen LogP contribution is 2.09. The van der Waals surface area contributed by atoms with E-state index in [1.165, 1.54) is 6.07 Å². The lowest BCUT2D eigenvalue weighted by molar-refractivity contribution is -0.129. The molecule has 0 atom stereocenters. The van der Waals surface area contributed by atoms with Gasteiger partial charge in [-0.25, -0.2) is 4.39 Å². The van der Waals surface area contributed by atoms with Gasteiger partial charge in [-0.1, -0.05) is 18.2 Å². The highest BCUT2D eigenvalue weighted by molar-refractivity contribution is 14.0. The van der Waals surface area contributed by atoms with Gasteiger partial charge in [-0.2, -0.15) is 0 Å². The molecular weight excluding hydrogens is 434 g/mol. The molecule has 0 bridgehead atoms. The Morgan fingerprint density at radius 2 is 1.96 bits per heavy atom. The molecule has 7 heteroatoms. The first kappa shape index (κ1) is 21.7. The molecule has 0 radical (unpaired) electrons. The average Bonchev–Trinajstić information content (AvgIpc) is 3.11. The molecule has 1 heterocycles. The molecule has 0 saturated carbocycles. The number of rotatable bonds is 7. The molecule has 1 aliphatic heterocycles. The number of amides is 1. The van der Waals surface area contributed by atoms with E-state index in [9.17, 15) is 9.18 Å². The van der Waals surface area contributed by atoms with Gasteiger partial charge in [0.1, 0.15) is 5.82 Å². The van der Waals surface area contributed by atoms with Gasteiger partial charge < -0.3 is 15.5 Å². The van der Waals surface area contributed by atoms with Crippen molar-refractivity contribution in [3.05, 3.63) is 35.6 Å². The molecule has 1 amide bonds. The van der Waals surface area contributed by atoms with Gasteiger partial charge in [-0.3, -0.25) is 9.79 Å². The van der Waals surface area contributed by atoms with Gasteiger partial charge in [0.05, 0.1) is 6.54 Å². The van der Waals surface area contributed by atoms with E-state index in [0.717, 1.165) is 32.5 Å². The minimum Gasteiger partial charge on any atom is -0.357 e. The fraction of sp³-hybridized carbons (Fsp3) is 0.556. The fourth-order valence-corrected chi connectivity index (χ4v) is 2.75. The lowest BCUT2D eigenvalue weighted by atomic mass is 10.1. The number of halogens is 2. The number of nitrogens with zero attached hydrogens (tertiary/aromatic N) is 2. The summed E-state index contributed by atoms with van der Waals surface area (Å²) in [6.07, 6.45) is 3.23. The van der Waals surface area contributed by atoms with Crippen LogP contribution in [0.15, 0.2) is 29.3 Å². The quantitative estimate of drug-likeness (QED) is 0.372. The van der Waals surface area contributed by atoms with E-state index in [-0.39, 0.29) is 35.7 Å². The second-order valence-corrected chi connectivity index (χ2v) is 5.87. The maximum Gasteiger partial charge on any atom is 0.224 e. The predicted octanol–water partition coefficient (Wildman–Crippen LogP) is 2.55. The molecule has 1 aromatic rings. The van der Waals surface area contributed by atoms with Crippen LogP contribution in [0, 0.1) is 5.82 Å². The molecule has 1 saturated heterocycles. The number of hydrogen-bond donors (Lipinski definition) is 2. The Morgan fingerprint density at radius 1 is 1.24 bits per heavy atom. The van der Waals surface area contributed by atoms with Crippen molar-refractivity contribution in [2.24, 2.45) is 4.99 Å². The van der Waals surface area contributed by atoms with Gasteiger partial charge in [0.15, 0.2) is 5.96 Å². The van der Waals surface area contributed by atoms with Crippen LogP contribution in [0.2, 0.25) is 0 Å². The molecule has 0 aliphatic carbocycles. The number of carbonyl (C=O) groups excluding carboxylic acids is 1. The van der Waals surface area contributed by atoms with Crippen LogP contribution in [0.25, 0.3) is 0 Å². The van der Waals surface area contributed by atoms with Crippen LogP contribution in [0.1, 0.15) is 31.7 Å². The zero-order chi connectivity index (χ0) is 17.2. The highest BCUT2D eigenvalue weighted by atomic mass is 127. The van der Waals surface area contributed by atoms with Gasteiger partial charge in [0.25, 0.3) is 0 Å². The molecule has 0 spiro atoms. The van der Waals surface area contributed by atoms with Crippen LogP contribution in [0.5, 0.6) is 0 Å². The number of nitrogens with one attached hydrogen (secondary N) is 2. The summed E-state index contributed by atoms with van der Waals surface area (Å²) in [5.74, 6) is 0.666. The maximum atomic E-state index is 13.6. The highest BCUT2D eigenvalue weighted by Gasteiger charge is 2.16.